The zero-order chi connectivity index (χ0) is 12.5. The molecule has 2 nitrogen and oxygen atoms in total. The molecule has 0 unspecified atom stereocenters. The highest BCUT2D eigenvalue weighted by molar-refractivity contribution is 6.31. The quantitative estimate of drug-likeness (QED) is 0.732. The number of benzene rings is 1. The van der Waals surface area contributed by atoms with Crippen LogP contribution in [0, 0.1) is 0 Å². The SMILES string of the molecule is Clc1ccc2c(N3CCC(Cl)CC3)ccnc2c1. The van der Waals surface area contributed by atoms with E-state index in [-0.39, 0.29) is 0 Å². The molecule has 2 aromatic rings. The second kappa shape index (κ2) is 4.94. The molecule has 1 fully saturated rings. The Bertz CT molecular complexity index is 563. The van der Waals surface area contributed by atoms with Crippen LogP contribution in [0.25, 0.3) is 10.9 Å². The van der Waals surface area contributed by atoms with Crippen molar-refractivity contribution in [3.8, 4) is 0 Å². The highest BCUT2D eigenvalue weighted by Crippen LogP contribution is 2.30. The van der Waals surface area contributed by atoms with Crippen LogP contribution >= 0.6 is 23.2 Å². The van der Waals surface area contributed by atoms with E-state index in [0.29, 0.717) is 5.38 Å². The number of piperidine rings is 1. The summed E-state index contributed by atoms with van der Waals surface area (Å²) in [5.41, 5.74) is 2.19. The zero-order valence-corrected chi connectivity index (χ0v) is 11.5. The minimum atomic E-state index is 0.323. The molecule has 0 amide bonds. The number of fused-ring (bicyclic) bond motifs is 1. The maximum atomic E-state index is 6.15. The van der Waals surface area contributed by atoms with Crippen LogP contribution in [-0.2, 0) is 0 Å². The lowest BCUT2D eigenvalue weighted by Crippen LogP contribution is -2.34. The lowest BCUT2D eigenvalue weighted by atomic mass is 10.1. The summed E-state index contributed by atoms with van der Waals surface area (Å²) in [5.74, 6) is 0. The number of halogens is 2. The van der Waals surface area contributed by atoms with Crippen LogP contribution in [0.1, 0.15) is 12.8 Å². The van der Waals surface area contributed by atoms with Crippen LogP contribution in [0.5, 0.6) is 0 Å². The minimum Gasteiger partial charge on any atom is -0.371 e. The highest BCUT2D eigenvalue weighted by Gasteiger charge is 2.18. The first-order valence-corrected chi connectivity index (χ1v) is 6.99. The molecule has 18 heavy (non-hydrogen) atoms. The molecule has 1 aliphatic heterocycles. The van der Waals surface area contributed by atoms with Gasteiger partial charge in [0.25, 0.3) is 0 Å². The fourth-order valence-electron chi connectivity index (χ4n) is 2.47. The molecule has 0 bridgehead atoms. The Labute approximate surface area is 117 Å². The van der Waals surface area contributed by atoms with Crippen LogP contribution < -0.4 is 4.90 Å². The first-order chi connectivity index (χ1) is 8.74. The number of nitrogens with zero attached hydrogens (tertiary/aromatic N) is 2. The third-order valence-corrected chi connectivity index (χ3v) is 4.12. The van der Waals surface area contributed by atoms with Crippen molar-refractivity contribution < 1.29 is 0 Å². The first kappa shape index (κ1) is 12.1. The maximum Gasteiger partial charge on any atom is 0.0737 e. The lowest BCUT2D eigenvalue weighted by molar-refractivity contribution is 0.586. The topological polar surface area (TPSA) is 16.1 Å². The number of anilines is 1. The fraction of sp³-hybridized carbons (Fsp3) is 0.357. The maximum absolute atomic E-state index is 6.15. The van der Waals surface area contributed by atoms with Crippen molar-refractivity contribution in [2.75, 3.05) is 18.0 Å². The molecule has 0 saturated carbocycles. The molecule has 1 saturated heterocycles. The van der Waals surface area contributed by atoms with Gasteiger partial charge in [-0.05, 0) is 37.1 Å². The van der Waals surface area contributed by atoms with Crippen LogP contribution in [-0.4, -0.2) is 23.5 Å². The summed E-state index contributed by atoms with van der Waals surface area (Å²) < 4.78 is 0. The molecule has 1 aliphatic rings. The number of rotatable bonds is 1. The number of pyridine rings is 1. The van der Waals surface area contributed by atoms with E-state index in [0.717, 1.165) is 41.9 Å². The molecule has 1 aromatic carbocycles. The lowest BCUT2D eigenvalue weighted by Gasteiger charge is -2.31. The third kappa shape index (κ3) is 2.27. The average molecular weight is 281 g/mol. The van der Waals surface area contributed by atoms with E-state index in [9.17, 15) is 0 Å². The Hall–Kier alpha value is -0.990. The van der Waals surface area contributed by atoms with Crippen molar-refractivity contribution in [3.05, 3.63) is 35.5 Å². The van der Waals surface area contributed by atoms with Crippen LogP contribution in [0.2, 0.25) is 5.02 Å². The number of hydrogen-bond donors (Lipinski definition) is 0. The van der Waals surface area contributed by atoms with Crippen molar-refractivity contribution >= 4 is 39.8 Å². The summed E-state index contributed by atoms with van der Waals surface area (Å²) in [7, 11) is 0. The van der Waals surface area contributed by atoms with E-state index in [4.69, 9.17) is 23.2 Å². The van der Waals surface area contributed by atoms with E-state index in [2.05, 4.69) is 16.0 Å². The van der Waals surface area contributed by atoms with Gasteiger partial charge in [0.2, 0.25) is 0 Å². The van der Waals surface area contributed by atoms with Gasteiger partial charge >= 0.3 is 0 Å². The van der Waals surface area contributed by atoms with E-state index in [1.54, 1.807) is 0 Å². The van der Waals surface area contributed by atoms with Crippen molar-refractivity contribution in [1.82, 2.24) is 4.98 Å². The Kier molecular flexibility index (Phi) is 3.31. The van der Waals surface area contributed by atoms with E-state index < -0.39 is 0 Å². The molecule has 1 aromatic heterocycles. The number of alkyl halides is 1. The Morgan fingerprint density at radius 3 is 2.72 bits per heavy atom. The zero-order valence-electron chi connectivity index (χ0n) is 9.94. The van der Waals surface area contributed by atoms with Gasteiger partial charge in [-0.2, -0.15) is 0 Å². The summed E-state index contributed by atoms with van der Waals surface area (Å²) in [5, 5.41) is 2.21. The van der Waals surface area contributed by atoms with Gasteiger partial charge in [-0.1, -0.05) is 11.6 Å². The third-order valence-electron chi connectivity index (χ3n) is 3.45. The predicted octanol–water partition coefficient (Wildman–Crippen LogP) is 4.10. The standard InChI is InChI=1S/C14H14Cl2N2/c15-10-4-7-18(8-5-10)14-3-6-17-13-9-11(16)1-2-12(13)14/h1-3,6,9-10H,4-5,7-8H2. The molecule has 0 aliphatic carbocycles. The summed E-state index contributed by atoms with van der Waals surface area (Å²) in [6.07, 6.45) is 3.93. The highest BCUT2D eigenvalue weighted by atomic mass is 35.5. The Morgan fingerprint density at radius 2 is 1.94 bits per heavy atom. The average Bonchev–Trinajstić information content (AvgIpc) is 2.38. The molecule has 3 rings (SSSR count). The van der Waals surface area contributed by atoms with E-state index >= 15 is 0 Å². The van der Waals surface area contributed by atoms with Gasteiger partial charge in [0.1, 0.15) is 0 Å². The molecule has 0 N–H and O–H groups in total. The summed E-state index contributed by atoms with van der Waals surface area (Å²) in [6, 6.07) is 7.95. The first-order valence-electron chi connectivity index (χ1n) is 6.17. The van der Waals surface area contributed by atoms with Gasteiger partial charge in [-0.25, -0.2) is 0 Å². The normalized spacial score (nSPS) is 17.3. The molecule has 0 radical (unpaired) electrons. The molecular weight excluding hydrogens is 267 g/mol. The molecule has 0 spiro atoms. The van der Waals surface area contributed by atoms with Crippen LogP contribution in [0.15, 0.2) is 30.5 Å². The molecule has 94 valence electrons. The van der Waals surface area contributed by atoms with Gasteiger partial charge < -0.3 is 4.90 Å². The molecule has 0 atom stereocenters. The number of aromatic nitrogens is 1. The van der Waals surface area contributed by atoms with Gasteiger partial charge in [0.05, 0.1) is 5.52 Å². The van der Waals surface area contributed by atoms with E-state index in [1.165, 1.54) is 5.69 Å². The fourth-order valence-corrected chi connectivity index (χ4v) is 2.83. The van der Waals surface area contributed by atoms with Gasteiger partial charge in [0.15, 0.2) is 0 Å². The summed E-state index contributed by atoms with van der Waals surface area (Å²) in [6.45, 7) is 2.02. The number of hydrogen-bond acceptors (Lipinski definition) is 2. The van der Waals surface area contributed by atoms with Crippen LogP contribution in [0.3, 0.4) is 0 Å². The van der Waals surface area contributed by atoms with Crippen molar-refractivity contribution in [3.63, 3.8) is 0 Å². The van der Waals surface area contributed by atoms with Gasteiger partial charge in [-0.3, -0.25) is 4.98 Å². The molecule has 4 heteroatoms. The summed E-state index contributed by atoms with van der Waals surface area (Å²) in [4.78, 5) is 6.76. The van der Waals surface area contributed by atoms with Crippen molar-refractivity contribution in [2.45, 2.75) is 18.2 Å². The second-order valence-electron chi connectivity index (χ2n) is 4.65. The monoisotopic (exact) mass is 280 g/mol. The van der Waals surface area contributed by atoms with Crippen molar-refractivity contribution in [2.24, 2.45) is 0 Å². The molecular formula is C14H14Cl2N2. The predicted molar refractivity (Wildman–Crippen MR) is 77.8 cm³/mol. The largest absolute Gasteiger partial charge is 0.371 e. The van der Waals surface area contributed by atoms with Crippen molar-refractivity contribution in [1.29, 1.82) is 0 Å². The van der Waals surface area contributed by atoms with Gasteiger partial charge in [-0.15, -0.1) is 11.6 Å². The van der Waals surface area contributed by atoms with E-state index in [1.807, 2.05) is 24.4 Å². The second-order valence-corrected chi connectivity index (χ2v) is 5.71. The smallest absolute Gasteiger partial charge is 0.0737 e. The Morgan fingerprint density at radius 1 is 1.17 bits per heavy atom. The molecule has 2 heterocycles. The van der Waals surface area contributed by atoms with Gasteiger partial charge in [0, 0.05) is 40.8 Å². The minimum absolute atomic E-state index is 0.323. The Balaban J connectivity index is 2.01. The van der Waals surface area contributed by atoms with Crippen LogP contribution in [0.4, 0.5) is 5.69 Å². The summed E-state index contributed by atoms with van der Waals surface area (Å²) >= 11 is 12.2.